The van der Waals surface area contributed by atoms with Gasteiger partial charge in [0.25, 0.3) is 0 Å². The minimum Gasteiger partial charge on any atom is -0.479 e. The van der Waals surface area contributed by atoms with Gasteiger partial charge in [0.2, 0.25) is 0 Å². The van der Waals surface area contributed by atoms with E-state index in [9.17, 15) is 9.59 Å². The Balaban J connectivity index is 2.42. The van der Waals surface area contributed by atoms with Crippen LogP contribution in [0.5, 0.6) is 0 Å². The molecule has 18 heavy (non-hydrogen) atoms. The molecule has 0 aromatic rings. The number of rotatable bonds is 5. The van der Waals surface area contributed by atoms with Crippen LogP contribution in [0.1, 0.15) is 12.8 Å². The molecule has 1 heterocycles. The van der Waals surface area contributed by atoms with E-state index < -0.39 is 12.1 Å². The van der Waals surface area contributed by atoms with Crippen molar-refractivity contribution in [3.8, 4) is 0 Å². The lowest BCUT2D eigenvalue weighted by molar-refractivity contribution is -0.153. The van der Waals surface area contributed by atoms with Crippen LogP contribution in [0.3, 0.4) is 0 Å². The highest BCUT2D eigenvalue weighted by molar-refractivity contribution is 5.73. The highest BCUT2D eigenvalue weighted by atomic mass is 16.6. The first-order valence-electron chi connectivity index (χ1n) is 5.88. The van der Waals surface area contributed by atoms with Crippen molar-refractivity contribution in [3.63, 3.8) is 0 Å². The number of carboxylic acid groups (broad SMARTS) is 1. The van der Waals surface area contributed by atoms with Crippen molar-refractivity contribution < 1.29 is 24.2 Å². The molecule has 1 aliphatic heterocycles. The Bertz CT molecular complexity index is 310. The van der Waals surface area contributed by atoms with Crippen LogP contribution in [0.2, 0.25) is 0 Å². The highest BCUT2D eigenvalue weighted by Crippen LogP contribution is 2.23. The predicted octanol–water partition coefficient (Wildman–Crippen LogP) is 1.12. The normalized spacial score (nSPS) is 18.2. The predicted molar refractivity (Wildman–Crippen MR) is 64.3 cm³/mol. The average Bonchev–Trinajstić information content (AvgIpc) is 2.37. The van der Waals surface area contributed by atoms with E-state index in [1.807, 2.05) is 0 Å². The number of carbonyl (C=O) groups is 2. The number of aliphatic carboxylic acids is 1. The van der Waals surface area contributed by atoms with Crippen molar-refractivity contribution in [2.45, 2.75) is 18.9 Å². The van der Waals surface area contributed by atoms with Gasteiger partial charge in [-0.25, -0.2) is 9.59 Å². The summed E-state index contributed by atoms with van der Waals surface area (Å²) < 4.78 is 9.89. The lowest BCUT2D eigenvalue weighted by atomic mass is 9.91. The third-order valence-electron chi connectivity index (χ3n) is 3.05. The lowest BCUT2D eigenvalue weighted by Gasteiger charge is -2.33. The van der Waals surface area contributed by atoms with Gasteiger partial charge in [0.1, 0.15) is 6.61 Å². The molecule has 0 aromatic carbocycles. The Morgan fingerprint density at radius 1 is 1.50 bits per heavy atom. The maximum Gasteiger partial charge on any atom is 0.410 e. The molecule has 1 saturated heterocycles. The molecule has 1 atom stereocenters. The van der Waals surface area contributed by atoms with E-state index in [4.69, 9.17) is 14.6 Å². The number of amides is 1. The van der Waals surface area contributed by atoms with E-state index >= 15 is 0 Å². The zero-order chi connectivity index (χ0) is 13.5. The molecule has 0 radical (unpaired) electrons. The second-order valence-electron chi connectivity index (χ2n) is 4.18. The number of hydrogen-bond donors (Lipinski definition) is 1. The van der Waals surface area contributed by atoms with Gasteiger partial charge in [-0.1, -0.05) is 12.7 Å². The maximum atomic E-state index is 11.5. The van der Waals surface area contributed by atoms with Crippen molar-refractivity contribution in [2.24, 2.45) is 5.92 Å². The zero-order valence-electron chi connectivity index (χ0n) is 10.5. The van der Waals surface area contributed by atoms with Crippen LogP contribution in [0.25, 0.3) is 0 Å². The van der Waals surface area contributed by atoms with Gasteiger partial charge >= 0.3 is 12.1 Å². The molecule has 1 amide bonds. The summed E-state index contributed by atoms with van der Waals surface area (Å²) in [4.78, 5) is 24.1. The molecule has 6 nitrogen and oxygen atoms in total. The molecule has 0 spiro atoms. The summed E-state index contributed by atoms with van der Waals surface area (Å²) in [5.74, 6) is -1.01. The largest absolute Gasteiger partial charge is 0.479 e. The van der Waals surface area contributed by atoms with Gasteiger partial charge in [-0.3, -0.25) is 0 Å². The summed E-state index contributed by atoms with van der Waals surface area (Å²) in [5, 5.41) is 8.98. The van der Waals surface area contributed by atoms with Crippen LogP contribution in [-0.4, -0.2) is 55.0 Å². The number of methoxy groups -OCH3 is 1. The van der Waals surface area contributed by atoms with Crippen LogP contribution in [0.15, 0.2) is 12.7 Å². The van der Waals surface area contributed by atoms with E-state index in [2.05, 4.69) is 6.58 Å². The van der Waals surface area contributed by atoms with Crippen LogP contribution >= 0.6 is 0 Å². The van der Waals surface area contributed by atoms with Crippen molar-refractivity contribution in [1.82, 2.24) is 4.90 Å². The average molecular weight is 257 g/mol. The Hall–Kier alpha value is -1.56. The van der Waals surface area contributed by atoms with E-state index in [1.54, 1.807) is 4.90 Å². The quantitative estimate of drug-likeness (QED) is 0.747. The maximum absolute atomic E-state index is 11.5. The first kappa shape index (κ1) is 14.5. The molecule has 102 valence electrons. The number of carboxylic acids is 1. The molecule has 1 N–H and O–H groups in total. The van der Waals surface area contributed by atoms with Crippen molar-refractivity contribution in [2.75, 3.05) is 26.8 Å². The van der Waals surface area contributed by atoms with Crippen LogP contribution in [-0.2, 0) is 14.3 Å². The number of carbonyl (C=O) groups excluding carboxylic acids is 1. The fraction of sp³-hybridized carbons (Fsp3) is 0.667. The third kappa shape index (κ3) is 3.73. The summed E-state index contributed by atoms with van der Waals surface area (Å²) >= 11 is 0. The van der Waals surface area contributed by atoms with E-state index in [0.29, 0.717) is 25.9 Å². The standard InChI is InChI=1S/C12H19NO5/c1-3-8-18-12(16)13-6-4-9(5-7-13)10(17-2)11(14)15/h3,9-10H,1,4-8H2,2H3,(H,14,15). The van der Waals surface area contributed by atoms with Gasteiger partial charge in [-0.05, 0) is 18.8 Å². The van der Waals surface area contributed by atoms with E-state index in [0.717, 1.165) is 0 Å². The summed E-state index contributed by atoms with van der Waals surface area (Å²) in [5.41, 5.74) is 0. The molecular formula is C12H19NO5. The van der Waals surface area contributed by atoms with Gasteiger partial charge < -0.3 is 19.5 Å². The number of nitrogens with zero attached hydrogens (tertiary/aromatic N) is 1. The summed E-state index contributed by atoms with van der Waals surface area (Å²) in [6.07, 6.45) is 1.55. The Morgan fingerprint density at radius 2 is 2.11 bits per heavy atom. The SMILES string of the molecule is C=CCOC(=O)N1CCC(C(OC)C(=O)O)CC1. The van der Waals surface area contributed by atoms with Gasteiger partial charge in [0.05, 0.1) is 0 Å². The van der Waals surface area contributed by atoms with Crippen LogP contribution in [0, 0.1) is 5.92 Å². The molecule has 1 fully saturated rings. The molecule has 0 bridgehead atoms. The molecule has 0 saturated carbocycles. The summed E-state index contributed by atoms with van der Waals surface area (Å²) in [6, 6.07) is 0. The monoisotopic (exact) mass is 257 g/mol. The van der Waals surface area contributed by atoms with Gasteiger partial charge in [0.15, 0.2) is 6.10 Å². The summed E-state index contributed by atoms with van der Waals surface area (Å²) in [6.45, 7) is 4.64. The molecule has 1 aliphatic rings. The fourth-order valence-electron chi connectivity index (χ4n) is 2.10. The number of hydrogen-bond acceptors (Lipinski definition) is 4. The van der Waals surface area contributed by atoms with E-state index in [-0.39, 0.29) is 18.6 Å². The molecule has 1 rings (SSSR count). The summed E-state index contributed by atoms with van der Waals surface area (Å²) in [7, 11) is 1.39. The minimum absolute atomic E-state index is 0.0593. The number of piperidine rings is 1. The lowest BCUT2D eigenvalue weighted by Crippen LogP contribution is -2.43. The van der Waals surface area contributed by atoms with Gasteiger partial charge in [-0.2, -0.15) is 0 Å². The number of likely N-dealkylation sites (tertiary alicyclic amines) is 1. The number of ether oxygens (including phenoxy) is 2. The molecule has 1 unspecified atom stereocenters. The Kier molecular flexibility index (Phi) is 5.64. The van der Waals surface area contributed by atoms with Crippen LogP contribution < -0.4 is 0 Å². The van der Waals surface area contributed by atoms with Gasteiger partial charge in [0, 0.05) is 20.2 Å². The first-order valence-corrected chi connectivity index (χ1v) is 5.88. The van der Waals surface area contributed by atoms with Crippen LogP contribution in [0.4, 0.5) is 4.79 Å². The van der Waals surface area contributed by atoms with Crippen molar-refractivity contribution in [1.29, 1.82) is 0 Å². The smallest absolute Gasteiger partial charge is 0.410 e. The molecular weight excluding hydrogens is 238 g/mol. The zero-order valence-corrected chi connectivity index (χ0v) is 10.5. The molecule has 0 aromatic heterocycles. The molecule has 0 aliphatic carbocycles. The third-order valence-corrected chi connectivity index (χ3v) is 3.05. The second kappa shape index (κ2) is 7.00. The van der Waals surface area contributed by atoms with E-state index in [1.165, 1.54) is 13.2 Å². The first-order chi connectivity index (χ1) is 8.60. The molecule has 6 heteroatoms. The Labute approximate surface area is 106 Å². The topological polar surface area (TPSA) is 76.1 Å². The minimum atomic E-state index is -0.954. The highest BCUT2D eigenvalue weighted by Gasteiger charge is 2.32. The van der Waals surface area contributed by atoms with Gasteiger partial charge in [-0.15, -0.1) is 0 Å². The Morgan fingerprint density at radius 3 is 2.56 bits per heavy atom. The second-order valence-corrected chi connectivity index (χ2v) is 4.18. The van der Waals surface area contributed by atoms with Crippen molar-refractivity contribution >= 4 is 12.1 Å². The van der Waals surface area contributed by atoms with Crippen molar-refractivity contribution in [3.05, 3.63) is 12.7 Å². The fourth-order valence-corrected chi connectivity index (χ4v) is 2.10.